The fraction of sp³-hybridized carbons (Fsp3) is 0. The molecule has 1 radical (unpaired) electrons. The van der Waals surface area contributed by atoms with Crippen LogP contribution in [0.5, 0.6) is 0 Å². The number of hydrogen-bond donors (Lipinski definition) is 0. The van der Waals surface area contributed by atoms with Gasteiger partial charge in [0.25, 0.3) is 0 Å². The summed E-state index contributed by atoms with van der Waals surface area (Å²) in [6, 6.07) is 0. The lowest BCUT2D eigenvalue weighted by Crippen LogP contribution is -1.65. The van der Waals surface area contributed by atoms with E-state index in [1.807, 2.05) is 0 Å². The fourth-order valence-electron chi connectivity index (χ4n) is 0.308. The molecule has 0 aliphatic heterocycles. The highest BCUT2D eigenvalue weighted by atomic mass is 19.1. The van der Waals surface area contributed by atoms with Gasteiger partial charge in [-0.2, -0.15) is 0 Å². The predicted octanol–water partition coefficient (Wildman–Crippen LogP) is 1.60. The predicted molar refractivity (Wildman–Crippen MR) is 23.1 cm³/mol. The molecular weight excluding hydrogens is 95.1 g/mol. The molecule has 0 saturated carbocycles. The molecule has 0 aliphatic rings. The maximum Gasteiger partial charge on any atom is 0.164 e. The van der Waals surface area contributed by atoms with Crippen LogP contribution in [0.1, 0.15) is 5.56 Å². The highest BCUT2D eigenvalue weighted by Crippen LogP contribution is 2.03. The van der Waals surface area contributed by atoms with Crippen molar-refractivity contribution < 1.29 is 8.81 Å². The quantitative estimate of drug-likeness (QED) is 0.481. The van der Waals surface area contributed by atoms with Crippen molar-refractivity contribution in [3.05, 3.63) is 30.8 Å². The lowest BCUT2D eigenvalue weighted by atomic mass is 10.4. The summed E-state index contributed by atoms with van der Waals surface area (Å²) in [5.74, 6) is -0.389. The molecule has 0 N–H and O–H groups in total. The van der Waals surface area contributed by atoms with E-state index in [1.54, 1.807) is 0 Å². The molecule has 0 atom stereocenters. The zero-order valence-electron chi connectivity index (χ0n) is 3.65. The zero-order chi connectivity index (χ0) is 5.28. The summed E-state index contributed by atoms with van der Waals surface area (Å²) in [7, 11) is 0. The van der Waals surface area contributed by atoms with Gasteiger partial charge < -0.3 is 4.42 Å². The first-order valence-electron chi connectivity index (χ1n) is 1.84. The monoisotopic (exact) mass is 99.0 g/mol. The average Bonchev–Trinajstić information content (AvgIpc) is 1.91. The first-order chi connectivity index (χ1) is 3.30. The first kappa shape index (κ1) is 4.37. The van der Waals surface area contributed by atoms with Crippen molar-refractivity contribution in [1.29, 1.82) is 0 Å². The number of rotatable bonds is 0. The van der Waals surface area contributed by atoms with Gasteiger partial charge in [-0.05, 0) is 6.92 Å². The second-order valence-electron chi connectivity index (χ2n) is 1.24. The largest absolute Gasteiger partial charge is 0.469 e. The molecule has 0 amide bonds. The Kier molecular flexibility index (Phi) is 0.855. The third-order valence-electron chi connectivity index (χ3n) is 0.689. The summed E-state index contributed by atoms with van der Waals surface area (Å²) in [5.41, 5.74) is 0.306. The van der Waals surface area contributed by atoms with E-state index in [4.69, 9.17) is 0 Å². The first-order valence-corrected chi connectivity index (χ1v) is 1.84. The summed E-state index contributed by atoms with van der Waals surface area (Å²) in [5, 5.41) is 0. The van der Waals surface area contributed by atoms with Crippen LogP contribution < -0.4 is 0 Å². The van der Waals surface area contributed by atoms with Crippen LogP contribution >= 0.6 is 0 Å². The van der Waals surface area contributed by atoms with Gasteiger partial charge in [-0.3, -0.25) is 0 Å². The van der Waals surface area contributed by atoms with Crippen LogP contribution in [0, 0.1) is 12.7 Å². The van der Waals surface area contributed by atoms with Gasteiger partial charge in [0.05, 0.1) is 6.26 Å². The van der Waals surface area contributed by atoms with Crippen LogP contribution in [-0.2, 0) is 0 Å². The third kappa shape index (κ3) is 0.633. The molecule has 0 aromatic carbocycles. The Morgan fingerprint density at radius 1 is 1.57 bits per heavy atom. The minimum absolute atomic E-state index is 0.306. The normalized spacial score (nSPS) is 9.43. The van der Waals surface area contributed by atoms with Gasteiger partial charge in [0.1, 0.15) is 6.26 Å². The van der Waals surface area contributed by atoms with Crippen LogP contribution in [0.25, 0.3) is 0 Å². The fourth-order valence-corrected chi connectivity index (χ4v) is 0.308. The molecule has 1 aromatic heterocycles. The van der Waals surface area contributed by atoms with E-state index in [-0.39, 0.29) is 5.82 Å². The van der Waals surface area contributed by atoms with Crippen LogP contribution in [-0.4, -0.2) is 0 Å². The molecule has 0 spiro atoms. The maximum absolute atomic E-state index is 11.9. The molecule has 2 heteroatoms. The number of furan rings is 1. The van der Waals surface area contributed by atoms with Crippen LogP contribution in [0.4, 0.5) is 4.39 Å². The minimum atomic E-state index is -0.389. The lowest BCUT2D eigenvalue weighted by Gasteiger charge is -1.71. The van der Waals surface area contributed by atoms with Crippen molar-refractivity contribution in [1.82, 2.24) is 0 Å². The van der Waals surface area contributed by atoms with Crippen molar-refractivity contribution >= 4 is 0 Å². The van der Waals surface area contributed by atoms with Gasteiger partial charge in [-0.1, -0.05) is 0 Å². The Morgan fingerprint density at radius 2 is 2.29 bits per heavy atom. The van der Waals surface area contributed by atoms with E-state index in [2.05, 4.69) is 11.3 Å². The molecule has 1 nitrogen and oxygen atoms in total. The van der Waals surface area contributed by atoms with Crippen molar-refractivity contribution in [2.75, 3.05) is 0 Å². The van der Waals surface area contributed by atoms with Crippen molar-refractivity contribution in [3.8, 4) is 0 Å². The summed E-state index contributed by atoms with van der Waals surface area (Å²) < 4.78 is 16.3. The molecule has 0 bridgehead atoms. The molecule has 0 saturated heterocycles. The van der Waals surface area contributed by atoms with Crippen molar-refractivity contribution in [2.45, 2.75) is 0 Å². The highest BCUT2D eigenvalue weighted by Gasteiger charge is 1.93. The Balaban J connectivity index is 3.12. The summed E-state index contributed by atoms with van der Waals surface area (Å²) in [6.07, 6.45) is 2.28. The Bertz CT molecular complexity index is 140. The van der Waals surface area contributed by atoms with E-state index < -0.39 is 0 Å². The van der Waals surface area contributed by atoms with E-state index >= 15 is 0 Å². The van der Waals surface area contributed by atoms with Crippen LogP contribution in [0.3, 0.4) is 0 Å². The van der Waals surface area contributed by atoms with Gasteiger partial charge in [0, 0.05) is 5.56 Å². The van der Waals surface area contributed by atoms with Crippen molar-refractivity contribution in [2.24, 2.45) is 0 Å². The Morgan fingerprint density at radius 3 is 2.43 bits per heavy atom. The van der Waals surface area contributed by atoms with E-state index in [9.17, 15) is 4.39 Å². The summed E-state index contributed by atoms with van der Waals surface area (Å²) >= 11 is 0. The zero-order valence-corrected chi connectivity index (χ0v) is 3.65. The Labute approximate surface area is 40.8 Å². The molecule has 37 valence electrons. The molecule has 1 rings (SSSR count). The second-order valence-corrected chi connectivity index (χ2v) is 1.24. The Hall–Kier alpha value is -0.790. The molecule has 1 aromatic rings. The lowest BCUT2D eigenvalue weighted by molar-refractivity contribution is 0.532. The SMILES string of the molecule is [CH2]c1cocc1F. The van der Waals surface area contributed by atoms with Crippen molar-refractivity contribution in [3.63, 3.8) is 0 Å². The van der Waals surface area contributed by atoms with E-state index in [0.717, 1.165) is 6.26 Å². The van der Waals surface area contributed by atoms with Gasteiger partial charge in [0.2, 0.25) is 0 Å². The number of hydrogen-bond acceptors (Lipinski definition) is 1. The topological polar surface area (TPSA) is 13.1 Å². The standard InChI is InChI=1S/C5H4FO/c1-4-2-7-3-5(4)6/h2-3H,1H2. The van der Waals surface area contributed by atoms with Gasteiger partial charge >= 0.3 is 0 Å². The van der Waals surface area contributed by atoms with E-state index in [0.29, 0.717) is 5.56 Å². The third-order valence-corrected chi connectivity index (χ3v) is 0.689. The van der Waals surface area contributed by atoms with Gasteiger partial charge in [-0.25, -0.2) is 4.39 Å². The summed E-state index contributed by atoms with van der Waals surface area (Å²) in [6.45, 7) is 3.31. The van der Waals surface area contributed by atoms with Crippen LogP contribution in [0.2, 0.25) is 0 Å². The van der Waals surface area contributed by atoms with E-state index in [1.165, 1.54) is 6.26 Å². The molecule has 0 unspecified atom stereocenters. The average molecular weight is 99.1 g/mol. The van der Waals surface area contributed by atoms with Crippen LogP contribution in [0.15, 0.2) is 16.9 Å². The smallest absolute Gasteiger partial charge is 0.164 e. The molecule has 0 fully saturated rings. The molecule has 1 heterocycles. The van der Waals surface area contributed by atoms with Gasteiger partial charge in [-0.15, -0.1) is 0 Å². The number of halogens is 1. The minimum Gasteiger partial charge on any atom is -0.469 e. The van der Waals surface area contributed by atoms with Gasteiger partial charge in [0.15, 0.2) is 5.82 Å². The highest BCUT2D eigenvalue weighted by molar-refractivity contribution is 5.11. The maximum atomic E-state index is 11.9. The molecule has 0 aliphatic carbocycles. The second kappa shape index (κ2) is 1.37. The summed E-state index contributed by atoms with van der Waals surface area (Å²) in [4.78, 5) is 0. The molecular formula is C5H4FO. The molecule has 7 heavy (non-hydrogen) atoms.